The van der Waals surface area contributed by atoms with Crippen molar-refractivity contribution in [3.63, 3.8) is 0 Å². The molecule has 2 bridgehead atoms. The van der Waals surface area contributed by atoms with Crippen LogP contribution in [0.5, 0.6) is 0 Å². The molecule has 90 valence electrons. The lowest BCUT2D eigenvalue weighted by atomic mass is 10.1. The summed E-state index contributed by atoms with van der Waals surface area (Å²) in [5, 5.41) is 0. The third-order valence-electron chi connectivity index (χ3n) is 3.07. The van der Waals surface area contributed by atoms with Crippen LogP contribution >= 0.6 is 0 Å². The molecule has 2 aliphatic rings. The quantitative estimate of drug-likeness (QED) is 0.314. The van der Waals surface area contributed by atoms with Crippen molar-refractivity contribution in [3.8, 4) is 0 Å². The minimum Gasteiger partial charge on any atom is -0.463 e. The molecule has 0 heterocycles. The van der Waals surface area contributed by atoms with Gasteiger partial charge >= 0.3 is 5.97 Å². The number of carbonyl (C=O) groups excluding carboxylic acids is 1. The van der Waals surface area contributed by atoms with Gasteiger partial charge in [0.15, 0.2) is 0 Å². The van der Waals surface area contributed by atoms with Crippen LogP contribution in [0.25, 0.3) is 0 Å². The summed E-state index contributed by atoms with van der Waals surface area (Å²) in [7, 11) is 0. The zero-order valence-electron chi connectivity index (χ0n) is 10.2. The van der Waals surface area contributed by atoms with E-state index < -0.39 is 0 Å². The zero-order valence-corrected chi connectivity index (χ0v) is 10.2. The number of hydrogen-bond acceptors (Lipinski definition) is 2. The summed E-state index contributed by atoms with van der Waals surface area (Å²) in [5.41, 5.74) is 1.74. The maximum absolute atomic E-state index is 10.3. The second-order valence-corrected chi connectivity index (χ2v) is 4.43. The Hall–Kier alpha value is -1.05. The Kier molecular flexibility index (Phi) is 5.91. The Morgan fingerprint density at radius 1 is 1.69 bits per heavy atom. The molecule has 0 amide bonds. The van der Waals surface area contributed by atoms with Gasteiger partial charge in [-0.1, -0.05) is 31.6 Å². The number of allylic oxidation sites excluding steroid dienone is 2. The maximum atomic E-state index is 10.3. The van der Waals surface area contributed by atoms with E-state index in [9.17, 15) is 4.79 Å². The number of carbonyl (C=O) groups is 1. The van der Waals surface area contributed by atoms with Crippen LogP contribution in [0.4, 0.5) is 0 Å². The highest BCUT2D eigenvalue weighted by Crippen LogP contribution is 2.38. The summed E-state index contributed by atoms with van der Waals surface area (Å²) in [5.74, 6) is 0.749. The summed E-state index contributed by atoms with van der Waals surface area (Å²) >= 11 is 0. The normalized spacial score (nSPS) is 20.8. The number of ether oxygens (including phenoxy) is 1. The highest BCUT2D eigenvalue weighted by atomic mass is 16.5. The fourth-order valence-corrected chi connectivity index (χ4v) is 2.06. The van der Waals surface area contributed by atoms with Crippen molar-refractivity contribution >= 4 is 5.97 Å². The van der Waals surface area contributed by atoms with E-state index in [0.717, 1.165) is 18.8 Å². The summed E-state index contributed by atoms with van der Waals surface area (Å²) in [4.78, 5) is 10.3. The van der Waals surface area contributed by atoms with Gasteiger partial charge in [0.25, 0.3) is 0 Å². The molecule has 0 aromatic heterocycles. The number of rotatable bonds is 4. The average molecular weight is 222 g/mol. The molecule has 0 spiro atoms. The summed E-state index contributed by atoms with van der Waals surface area (Å²) in [6, 6.07) is 0. The Labute approximate surface area is 98.4 Å². The average Bonchev–Trinajstić information content (AvgIpc) is 2.94. The predicted octanol–water partition coefficient (Wildman–Crippen LogP) is 3.63. The van der Waals surface area contributed by atoms with Gasteiger partial charge in [0.05, 0.1) is 6.61 Å². The molecule has 1 unspecified atom stereocenters. The molecule has 2 heteroatoms. The summed E-state index contributed by atoms with van der Waals surface area (Å²) < 4.78 is 4.67. The van der Waals surface area contributed by atoms with Crippen molar-refractivity contribution in [1.29, 1.82) is 0 Å². The van der Waals surface area contributed by atoms with Crippen LogP contribution in [-0.4, -0.2) is 12.6 Å². The predicted molar refractivity (Wildman–Crippen MR) is 66.1 cm³/mol. The van der Waals surface area contributed by atoms with E-state index >= 15 is 0 Å². The molecule has 0 aliphatic heterocycles. The molecule has 1 atom stereocenters. The third-order valence-corrected chi connectivity index (χ3v) is 3.07. The van der Waals surface area contributed by atoms with Gasteiger partial charge in [0.2, 0.25) is 0 Å². The molecular formula is C14H22O2. The maximum Gasteiger partial charge on any atom is 0.330 e. The van der Waals surface area contributed by atoms with Gasteiger partial charge in [-0.15, -0.1) is 0 Å². The van der Waals surface area contributed by atoms with Crippen molar-refractivity contribution in [2.45, 2.75) is 45.4 Å². The van der Waals surface area contributed by atoms with Crippen molar-refractivity contribution in [1.82, 2.24) is 0 Å². The Morgan fingerprint density at radius 3 is 2.81 bits per heavy atom. The van der Waals surface area contributed by atoms with E-state index in [2.05, 4.69) is 17.4 Å². The number of hydrogen-bond donors (Lipinski definition) is 0. The lowest BCUT2D eigenvalue weighted by Gasteiger charge is -1.98. The minimum absolute atomic E-state index is 0.330. The van der Waals surface area contributed by atoms with Crippen LogP contribution in [0.3, 0.4) is 0 Å². The second kappa shape index (κ2) is 7.26. The lowest BCUT2D eigenvalue weighted by Crippen LogP contribution is -2.00. The molecule has 1 saturated carbocycles. The highest BCUT2D eigenvalue weighted by molar-refractivity contribution is 5.81. The zero-order chi connectivity index (χ0) is 11.8. The first-order valence-electron chi connectivity index (χ1n) is 6.23. The smallest absolute Gasteiger partial charge is 0.330 e. The van der Waals surface area contributed by atoms with E-state index in [-0.39, 0.29) is 5.97 Å². The summed E-state index contributed by atoms with van der Waals surface area (Å²) in [6.07, 6.45) is 11.3. The molecule has 2 aliphatic carbocycles. The monoisotopic (exact) mass is 222 g/mol. The SMILES string of the molecule is C1=C2CCC(C1)C2.C=CC(=O)OCCCC. The molecular weight excluding hydrogens is 200 g/mol. The first-order valence-corrected chi connectivity index (χ1v) is 6.23. The van der Waals surface area contributed by atoms with Gasteiger partial charge in [-0.05, 0) is 38.0 Å². The molecule has 0 N–H and O–H groups in total. The summed E-state index contributed by atoms with van der Waals surface area (Å²) in [6.45, 7) is 5.82. The van der Waals surface area contributed by atoms with Gasteiger partial charge in [-0.2, -0.15) is 0 Å². The van der Waals surface area contributed by atoms with Crippen LogP contribution in [0.2, 0.25) is 0 Å². The number of unbranched alkanes of at least 4 members (excludes halogenated alkanes) is 1. The fraction of sp³-hybridized carbons (Fsp3) is 0.643. The van der Waals surface area contributed by atoms with Crippen molar-refractivity contribution < 1.29 is 9.53 Å². The molecule has 16 heavy (non-hydrogen) atoms. The first kappa shape index (κ1) is 13.0. The molecule has 2 rings (SSSR count). The van der Waals surface area contributed by atoms with Gasteiger partial charge < -0.3 is 4.74 Å². The van der Waals surface area contributed by atoms with E-state index in [4.69, 9.17) is 0 Å². The minimum atomic E-state index is -0.330. The molecule has 0 aromatic rings. The van der Waals surface area contributed by atoms with Gasteiger partial charge in [0, 0.05) is 6.08 Å². The van der Waals surface area contributed by atoms with Gasteiger partial charge in [-0.3, -0.25) is 0 Å². The first-order chi connectivity index (χ1) is 7.76. The Morgan fingerprint density at radius 2 is 2.50 bits per heavy atom. The van der Waals surface area contributed by atoms with Crippen LogP contribution < -0.4 is 0 Å². The molecule has 2 nitrogen and oxygen atoms in total. The standard InChI is InChI=1S/C7H12O2.C7H10/c1-3-5-6-9-7(8)4-2;1-2-7-4-3-6(1)5-7/h4H,2-3,5-6H2,1H3;1,7H,2-5H2. The number of esters is 1. The van der Waals surface area contributed by atoms with Gasteiger partial charge in [0.1, 0.15) is 0 Å². The topological polar surface area (TPSA) is 26.3 Å². The van der Waals surface area contributed by atoms with Crippen molar-refractivity contribution in [3.05, 3.63) is 24.3 Å². The fourth-order valence-electron chi connectivity index (χ4n) is 2.06. The molecule has 0 aromatic carbocycles. The number of fused-ring (bicyclic) bond motifs is 2. The van der Waals surface area contributed by atoms with E-state index in [0.29, 0.717) is 6.61 Å². The van der Waals surface area contributed by atoms with Crippen LogP contribution in [0.15, 0.2) is 24.3 Å². The van der Waals surface area contributed by atoms with E-state index in [1.807, 2.05) is 6.92 Å². The Bertz CT molecular complexity index is 266. The molecule has 0 radical (unpaired) electrons. The van der Waals surface area contributed by atoms with Gasteiger partial charge in [-0.25, -0.2) is 4.79 Å². The largest absolute Gasteiger partial charge is 0.463 e. The van der Waals surface area contributed by atoms with E-state index in [1.54, 1.807) is 5.57 Å². The van der Waals surface area contributed by atoms with Crippen molar-refractivity contribution in [2.75, 3.05) is 6.61 Å². The van der Waals surface area contributed by atoms with Crippen LogP contribution in [0, 0.1) is 5.92 Å². The third kappa shape index (κ3) is 4.65. The second-order valence-electron chi connectivity index (χ2n) is 4.43. The Balaban J connectivity index is 0.000000163. The lowest BCUT2D eigenvalue weighted by molar-refractivity contribution is -0.137. The van der Waals surface area contributed by atoms with Crippen molar-refractivity contribution in [2.24, 2.45) is 5.92 Å². The highest BCUT2D eigenvalue weighted by Gasteiger charge is 2.22. The molecule has 1 fully saturated rings. The van der Waals surface area contributed by atoms with E-state index in [1.165, 1.54) is 31.8 Å². The molecule has 0 saturated heterocycles. The van der Waals surface area contributed by atoms with Crippen LogP contribution in [0.1, 0.15) is 45.4 Å². The van der Waals surface area contributed by atoms with Crippen LogP contribution in [-0.2, 0) is 9.53 Å².